The third kappa shape index (κ3) is 4.05. The Bertz CT molecular complexity index is 624. The second kappa shape index (κ2) is 6.88. The summed E-state index contributed by atoms with van der Waals surface area (Å²) in [6.45, 7) is 4.53. The Morgan fingerprint density at radius 1 is 1.24 bits per heavy atom. The molecule has 0 unspecified atom stereocenters. The fraction of sp³-hybridized carbons (Fsp3) is 0.294. The maximum atomic E-state index is 12.1. The van der Waals surface area contributed by atoms with E-state index in [1.165, 1.54) is 0 Å². The van der Waals surface area contributed by atoms with E-state index in [9.17, 15) is 4.79 Å². The highest BCUT2D eigenvalue weighted by Crippen LogP contribution is 2.24. The molecule has 0 aliphatic rings. The van der Waals surface area contributed by atoms with Gasteiger partial charge in [-0.3, -0.25) is 9.78 Å². The van der Waals surface area contributed by atoms with Gasteiger partial charge in [0, 0.05) is 24.5 Å². The number of rotatable bonds is 5. The number of hydrogen-bond acceptors (Lipinski definition) is 3. The molecule has 1 heterocycles. The molecule has 1 N–H and O–H groups in total. The number of pyridine rings is 1. The van der Waals surface area contributed by atoms with Gasteiger partial charge in [-0.1, -0.05) is 6.07 Å². The number of carbonyl (C=O) groups is 1. The summed E-state index contributed by atoms with van der Waals surface area (Å²) in [6.07, 6.45) is 3.75. The van der Waals surface area contributed by atoms with Crippen molar-refractivity contribution in [1.29, 1.82) is 0 Å². The number of amides is 1. The minimum absolute atomic E-state index is 0.0166. The molecule has 21 heavy (non-hydrogen) atoms. The maximum absolute atomic E-state index is 12.1. The summed E-state index contributed by atoms with van der Waals surface area (Å²) in [5.41, 5.74) is 4.18. The van der Waals surface area contributed by atoms with Gasteiger partial charge in [0.05, 0.1) is 13.5 Å². The zero-order valence-electron chi connectivity index (χ0n) is 12.6. The number of methoxy groups -OCH3 is 1. The molecule has 0 spiro atoms. The smallest absolute Gasteiger partial charge is 0.224 e. The third-order valence-corrected chi connectivity index (χ3v) is 3.37. The minimum atomic E-state index is -0.0166. The van der Waals surface area contributed by atoms with Crippen molar-refractivity contribution < 1.29 is 9.53 Å². The van der Waals surface area contributed by atoms with E-state index < -0.39 is 0 Å². The van der Waals surface area contributed by atoms with Gasteiger partial charge in [0.15, 0.2) is 0 Å². The molecule has 4 heteroatoms. The van der Waals surface area contributed by atoms with Gasteiger partial charge in [-0.15, -0.1) is 0 Å². The lowest BCUT2D eigenvalue weighted by atomic mass is 10.0. The lowest BCUT2D eigenvalue weighted by Gasteiger charge is -2.13. The highest BCUT2D eigenvalue weighted by molar-refractivity contribution is 5.79. The molecule has 0 saturated carbocycles. The van der Waals surface area contributed by atoms with E-state index in [4.69, 9.17) is 4.74 Å². The first-order chi connectivity index (χ1) is 10.1. The second-order valence-electron chi connectivity index (χ2n) is 5.07. The van der Waals surface area contributed by atoms with E-state index in [1.807, 2.05) is 32.0 Å². The van der Waals surface area contributed by atoms with E-state index in [0.29, 0.717) is 13.0 Å². The molecule has 2 rings (SSSR count). The minimum Gasteiger partial charge on any atom is -0.496 e. The first-order valence-corrected chi connectivity index (χ1v) is 6.90. The van der Waals surface area contributed by atoms with E-state index in [2.05, 4.69) is 16.4 Å². The zero-order valence-corrected chi connectivity index (χ0v) is 12.6. The molecule has 0 bridgehead atoms. The zero-order chi connectivity index (χ0) is 15.2. The Morgan fingerprint density at radius 3 is 2.62 bits per heavy atom. The number of aromatic nitrogens is 1. The largest absolute Gasteiger partial charge is 0.496 e. The lowest BCUT2D eigenvalue weighted by molar-refractivity contribution is -0.120. The Balaban J connectivity index is 2.03. The topological polar surface area (TPSA) is 51.2 Å². The maximum Gasteiger partial charge on any atom is 0.224 e. The summed E-state index contributed by atoms with van der Waals surface area (Å²) in [7, 11) is 1.63. The first kappa shape index (κ1) is 15.0. The Morgan fingerprint density at radius 2 is 1.95 bits per heavy atom. The monoisotopic (exact) mass is 284 g/mol. The van der Waals surface area contributed by atoms with Crippen molar-refractivity contribution in [3.8, 4) is 5.75 Å². The molecule has 0 aliphatic heterocycles. The van der Waals surface area contributed by atoms with Crippen molar-refractivity contribution in [2.75, 3.05) is 7.11 Å². The fourth-order valence-corrected chi connectivity index (χ4v) is 2.29. The number of ether oxygens (including phenoxy) is 1. The number of hydrogen-bond donors (Lipinski definition) is 1. The van der Waals surface area contributed by atoms with E-state index in [-0.39, 0.29) is 5.91 Å². The van der Waals surface area contributed by atoms with Crippen LogP contribution in [0.2, 0.25) is 0 Å². The molecule has 2 aromatic rings. The Labute approximate surface area is 125 Å². The molecule has 1 aromatic carbocycles. The van der Waals surface area contributed by atoms with Crippen LogP contribution in [-0.4, -0.2) is 18.0 Å². The predicted octanol–water partition coefficient (Wildman–Crippen LogP) is 2.57. The number of aryl methyl sites for hydroxylation is 2. The van der Waals surface area contributed by atoms with E-state index in [0.717, 1.165) is 28.0 Å². The second-order valence-corrected chi connectivity index (χ2v) is 5.07. The molecule has 110 valence electrons. The first-order valence-electron chi connectivity index (χ1n) is 6.90. The van der Waals surface area contributed by atoms with Crippen LogP contribution in [0, 0.1) is 13.8 Å². The van der Waals surface area contributed by atoms with Gasteiger partial charge in [-0.25, -0.2) is 0 Å². The summed E-state index contributed by atoms with van der Waals surface area (Å²) in [6, 6.07) is 7.79. The van der Waals surface area contributed by atoms with Crippen LogP contribution >= 0.6 is 0 Å². The summed E-state index contributed by atoms with van der Waals surface area (Å²) >= 11 is 0. The van der Waals surface area contributed by atoms with Crippen LogP contribution < -0.4 is 10.1 Å². The van der Waals surface area contributed by atoms with Crippen LogP contribution in [0.1, 0.15) is 22.3 Å². The summed E-state index contributed by atoms with van der Waals surface area (Å²) in [4.78, 5) is 16.1. The molecular weight excluding hydrogens is 264 g/mol. The number of carbonyl (C=O) groups excluding carboxylic acids is 1. The average molecular weight is 284 g/mol. The van der Waals surface area contributed by atoms with Crippen LogP contribution in [0.25, 0.3) is 0 Å². The third-order valence-electron chi connectivity index (χ3n) is 3.37. The molecule has 4 nitrogen and oxygen atoms in total. The molecule has 1 aromatic heterocycles. The normalized spacial score (nSPS) is 10.2. The molecule has 1 amide bonds. The van der Waals surface area contributed by atoms with Crippen molar-refractivity contribution in [3.05, 3.63) is 58.9 Å². The molecule has 0 fully saturated rings. The standard InChI is InChI=1S/C17H20N2O2/c1-12-8-13(2)15(16(9-12)21-3)10-17(20)19-11-14-4-6-18-7-5-14/h4-9H,10-11H2,1-3H3,(H,19,20). The highest BCUT2D eigenvalue weighted by atomic mass is 16.5. The number of nitrogens with zero attached hydrogens (tertiary/aromatic N) is 1. The van der Waals surface area contributed by atoms with Gasteiger partial charge in [0.25, 0.3) is 0 Å². The van der Waals surface area contributed by atoms with Crippen molar-refractivity contribution in [2.24, 2.45) is 0 Å². The Kier molecular flexibility index (Phi) is 4.93. The average Bonchev–Trinajstić information content (AvgIpc) is 2.48. The van der Waals surface area contributed by atoms with Crippen LogP contribution in [0.15, 0.2) is 36.7 Å². The van der Waals surface area contributed by atoms with Crippen LogP contribution in [-0.2, 0) is 17.8 Å². The van der Waals surface area contributed by atoms with Gasteiger partial charge < -0.3 is 10.1 Å². The molecule has 0 radical (unpaired) electrons. The summed E-state index contributed by atoms with van der Waals surface area (Å²) in [5.74, 6) is 0.753. The van der Waals surface area contributed by atoms with Crippen molar-refractivity contribution in [1.82, 2.24) is 10.3 Å². The van der Waals surface area contributed by atoms with Crippen LogP contribution in [0.5, 0.6) is 5.75 Å². The van der Waals surface area contributed by atoms with Gasteiger partial charge in [0.2, 0.25) is 5.91 Å². The van der Waals surface area contributed by atoms with Crippen molar-refractivity contribution in [3.63, 3.8) is 0 Å². The molecule has 0 aliphatic carbocycles. The Hall–Kier alpha value is -2.36. The predicted molar refractivity (Wildman–Crippen MR) is 82.3 cm³/mol. The lowest BCUT2D eigenvalue weighted by Crippen LogP contribution is -2.25. The summed E-state index contributed by atoms with van der Waals surface area (Å²) < 4.78 is 5.38. The summed E-state index contributed by atoms with van der Waals surface area (Å²) in [5, 5.41) is 2.92. The SMILES string of the molecule is COc1cc(C)cc(C)c1CC(=O)NCc1ccncc1. The van der Waals surface area contributed by atoms with Crippen LogP contribution in [0.3, 0.4) is 0 Å². The van der Waals surface area contributed by atoms with E-state index >= 15 is 0 Å². The number of benzene rings is 1. The fourth-order valence-electron chi connectivity index (χ4n) is 2.29. The quantitative estimate of drug-likeness (QED) is 0.918. The molecule has 0 saturated heterocycles. The van der Waals surface area contributed by atoms with Gasteiger partial charge in [-0.05, 0) is 48.7 Å². The van der Waals surface area contributed by atoms with Crippen molar-refractivity contribution in [2.45, 2.75) is 26.8 Å². The van der Waals surface area contributed by atoms with Gasteiger partial charge in [-0.2, -0.15) is 0 Å². The molecular formula is C17H20N2O2. The van der Waals surface area contributed by atoms with Crippen molar-refractivity contribution >= 4 is 5.91 Å². The number of nitrogens with one attached hydrogen (secondary N) is 1. The van der Waals surface area contributed by atoms with Crippen LogP contribution in [0.4, 0.5) is 0 Å². The van der Waals surface area contributed by atoms with E-state index in [1.54, 1.807) is 19.5 Å². The highest BCUT2D eigenvalue weighted by Gasteiger charge is 2.12. The van der Waals surface area contributed by atoms with Gasteiger partial charge >= 0.3 is 0 Å². The molecule has 0 atom stereocenters. The van der Waals surface area contributed by atoms with Gasteiger partial charge in [0.1, 0.15) is 5.75 Å².